The average Bonchev–Trinajstić information content (AvgIpc) is 3.43. The molecule has 4 heterocycles. The van der Waals surface area contributed by atoms with Gasteiger partial charge in [-0.05, 0) is 31.0 Å². The van der Waals surface area contributed by atoms with Gasteiger partial charge in [0.05, 0.1) is 23.0 Å². The third-order valence-electron chi connectivity index (χ3n) is 5.27. The molecule has 1 amide bonds. The second-order valence-electron chi connectivity index (χ2n) is 6.75. The van der Waals surface area contributed by atoms with Crippen LogP contribution in [0, 0.1) is 12.3 Å². The average molecular weight is 359 g/mol. The number of hydrogen-bond acceptors (Lipinski definition) is 5. The number of nitrogens with zero attached hydrogens (tertiary/aromatic N) is 5. The van der Waals surface area contributed by atoms with E-state index in [-0.39, 0.29) is 11.9 Å². The van der Waals surface area contributed by atoms with Crippen LogP contribution in [0.3, 0.4) is 0 Å². The quantitative estimate of drug-likeness (QED) is 0.658. The molecular formula is C20H17N5O2. The molecule has 1 unspecified atom stereocenters. The fourth-order valence-electron chi connectivity index (χ4n) is 3.98. The highest BCUT2D eigenvalue weighted by Crippen LogP contribution is 2.42. The number of aromatic nitrogens is 4. The molecule has 3 aromatic rings. The molecule has 0 N–H and O–H groups in total. The van der Waals surface area contributed by atoms with Crippen LogP contribution < -0.4 is 0 Å². The van der Waals surface area contributed by atoms with Crippen molar-refractivity contribution in [1.82, 2.24) is 24.6 Å². The van der Waals surface area contributed by atoms with Crippen LogP contribution >= 0.6 is 0 Å². The second kappa shape index (κ2) is 5.81. The number of rotatable bonds is 2. The highest BCUT2D eigenvalue weighted by molar-refractivity contribution is 5.99. The summed E-state index contributed by atoms with van der Waals surface area (Å²) in [5.74, 6) is 3.64. The third kappa shape index (κ3) is 2.23. The van der Waals surface area contributed by atoms with Crippen molar-refractivity contribution in [3.63, 3.8) is 0 Å². The largest absolute Gasteiger partial charge is 0.332 e. The molecule has 1 saturated heterocycles. The number of carbonyl (C=O) groups excluding carboxylic acids is 1. The number of aryl methyl sites for hydroxylation is 1. The second-order valence-corrected chi connectivity index (χ2v) is 6.75. The number of carbonyl (C=O) groups is 1. The SMILES string of the molecule is C#Cc1ccc2c(c1)C(=O)N1CCCC1c1c(-c3nc(CC)no3)ncn1-2. The first-order valence-corrected chi connectivity index (χ1v) is 9.03. The van der Waals surface area contributed by atoms with E-state index >= 15 is 0 Å². The maximum atomic E-state index is 13.2. The summed E-state index contributed by atoms with van der Waals surface area (Å²) in [6, 6.07) is 5.43. The molecule has 2 aliphatic rings. The lowest BCUT2D eigenvalue weighted by Gasteiger charge is -2.22. The summed E-state index contributed by atoms with van der Waals surface area (Å²) >= 11 is 0. The van der Waals surface area contributed by atoms with E-state index < -0.39 is 0 Å². The third-order valence-corrected chi connectivity index (χ3v) is 5.27. The monoisotopic (exact) mass is 359 g/mol. The number of fused-ring (bicyclic) bond motifs is 5. The zero-order valence-corrected chi connectivity index (χ0v) is 14.8. The molecule has 2 aromatic heterocycles. The molecular weight excluding hydrogens is 342 g/mol. The lowest BCUT2D eigenvalue weighted by atomic mass is 10.1. The maximum absolute atomic E-state index is 13.2. The van der Waals surface area contributed by atoms with Crippen LogP contribution in [0.4, 0.5) is 0 Å². The molecule has 1 fully saturated rings. The van der Waals surface area contributed by atoms with Crippen molar-refractivity contribution in [3.05, 3.63) is 47.2 Å². The zero-order valence-electron chi connectivity index (χ0n) is 14.8. The minimum atomic E-state index is -0.0753. The van der Waals surface area contributed by atoms with Crippen LogP contribution in [0.2, 0.25) is 0 Å². The Morgan fingerprint density at radius 3 is 3.07 bits per heavy atom. The molecule has 134 valence electrons. The van der Waals surface area contributed by atoms with Gasteiger partial charge in [0.1, 0.15) is 6.33 Å². The summed E-state index contributed by atoms with van der Waals surface area (Å²) in [4.78, 5) is 24.1. The lowest BCUT2D eigenvalue weighted by molar-refractivity contribution is 0.0739. The van der Waals surface area contributed by atoms with E-state index in [2.05, 4.69) is 21.0 Å². The Morgan fingerprint density at radius 2 is 2.30 bits per heavy atom. The normalized spacial score (nSPS) is 17.9. The zero-order chi connectivity index (χ0) is 18.5. The molecule has 7 heteroatoms. The van der Waals surface area contributed by atoms with Crippen LogP contribution in [0.5, 0.6) is 0 Å². The molecule has 1 atom stereocenters. The van der Waals surface area contributed by atoms with E-state index in [1.54, 1.807) is 12.4 Å². The van der Waals surface area contributed by atoms with Crippen LogP contribution in [0.25, 0.3) is 17.3 Å². The molecule has 0 aliphatic carbocycles. The first-order valence-electron chi connectivity index (χ1n) is 9.03. The molecule has 1 aromatic carbocycles. The Hall–Kier alpha value is -3.40. The van der Waals surface area contributed by atoms with E-state index in [1.807, 2.05) is 28.5 Å². The summed E-state index contributed by atoms with van der Waals surface area (Å²) < 4.78 is 7.41. The highest BCUT2D eigenvalue weighted by Gasteiger charge is 2.40. The molecule has 27 heavy (non-hydrogen) atoms. The molecule has 2 aliphatic heterocycles. The molecule has 0 spiro atoms. The summed E-state index contributed by atoms with van der Waals surface area (Å²) in [7, 11) is 0. The molecule has 5 rings (SSSR count). The Kier molecular flexibility index (Phi) is 3.41. The smallest absolute Gasteiger partial charge is 0.278 e. The van der Waals surface area contributed by atoms with Gasteiger partial charge in [-0.1, -0.05) is 18.0 Å². The predicted octanol–water partition coefficient (Wildman–Crippen LogP) is 2.76. The summed E-state index contributed by atoms with van der Waals surface area (Å²) in [5, 5.41) is 3.99. The summed E-state index contributed by atoms with van der Waals surface area (Å²) in [5.41, 5.74) is 3.61. The van der Waals surface area contributed by atoms with Crippen LogP contribution in [0.15, 0.2) is 29.0 Å². The number of hydrogen-bond donors (Lipinski definition) is 0. The molecule has 7 nitrogen and oxygen atoms in total. The topological polar surface area (TPSA) is 77.1 Å². The van der Waals surface area contributed by atoms with Crippen molar-refractivity contribution < 1.29 is 9.32 Å². The Labute approximate surface area is 156 Å². The number of benzene rings is 1. The highest BCUT2D eigenvalue weighted by atomic mass is 16.5. The van der Waals surface area contributed by atoms with Crippen molar-refractivity contribution in [2.75, 3.05) is 6.54 Å². The fourth-order valence-corrected chi connectivity index (χ4v) is 3.98. The Bertz CT molecular complexity index is 1100. The van der Waals surface area contributed by atoms with Crippen LogP contribution in [0.1, 0.15) is 53.2 Å². The van der Waals surface area contributed by atoms with Gasteiger partial charge in [0, 0.05) is 18.5 Å². The van der Waals surface area contributed by atoms with Gasteiger partial charge in [0.15, 0.2) is 11.5 Å². The van der Waals surface area contributed by atoms with Gasteiger partial charge in [-0.15, -0.1) is 6.42 Å². The van der Waals surface area contributed by atoms with Crippen molar-refractivity contribution in [2.45, 2.75) is 32.2 Å². The number of terminal acetylenes is 1. The summed E-state index contributed by atoms with van der Waals surface area (Å²) in [6.07, 6.45) is 9.76. The minimum absolute atomic E-state index is 0.000902. The minimum Gasteiger partial charge on any atom is -0.332 e. The van der Waals surface area contributed by atoms with Crippen molar-refractivity contribution in [2.24, 2.45) is 0 Å². The van der Waals surface area contributed by atoms with Crippen molar-refractivity contribution in [1.29, 1.82) is 0 Å². The van der Waals surface area contributed by atoms with E-state index in [9.17, 15) is 4.79 Å². The first kappa shape index (κ1) is 15.8. The van der Waals surface area contributed by atoms with E-state index in [0.29, 0.717) is 41.5 Å². The maximum Gasteiger partial charge on any atom is 0.278 e. The first-order chi connectivity index (χ1) is 13.2. The molecule has 0 saturated carbocycles. The van der Waals surface area contributed by atoms with Crippen molar-refractivity contribution >= 4 is 5.91 Å². The Balaban J connectivity index is 1.76. The van der Waals surface area contributed by atoms with Gasteiger partial charge in [-0.3, -0.25) is 9.36 Å². The van der Waals surface area contributed by atoms with E-state index in [4.69, 9.17) is 10.9 Å². The van der Waals surface area contributed by atoms with Gasteiger partial charge in [-0.25, -0.2) is 4.98 Å². The van der Waals surface area contributed by atoms with Gasteiger partial charge < -0.3 is 9.42 Å². The lowest BCUT2D eigenvalue weighted by Crippen LogP contribution is -2.29. The van der Waals surface area contributed by atoms with Crippen LogP contribution in [-0.4, -0.2) is 37.0 Å². The van der Waals surface area contributed by atoms with E-state index in [0.717, 1.165) is 24.2 Å². The van der Waals surface area contributed by atoms with Gasteiger partial charge >= 0.3 is 0 Å². The Morgan fingerprint density at radius 1 is 1.41 bits per heavy atom. The van der Waals surface area contributed by atoms with Crippen molar-refractivity contribution in [3.8, 4) is 29.6 Å². The molecule has 0 bridgehead atoms. The standard InChI is InChI=1S/C20H17N5O2/c1-3-12-7-8-14-13(10-12)20(26)24-9-5-6-15(24)18-17(21-11-25(14)18)19-22-16(4-2)23-27-19/h1,7-8,10-11,15H,4-6,9H2,2H3. The number of imidazole rings is 1. The van der Waals surface area contributed by atoms with Gasteiger partial charge in [-0.2, -0.15) is 4.98 Å². The number of amides is 1. The summed E-state index contributed by atoms with van der Waals surface area (Å²) in [6.45, 7) is 2.68. The van der Waals surface area contributed by atoms with Gasteiger partial charge in [0.2, 0.25) is 0 Å². The van der Waals surface area contributed by atoms with Crippen LogP contribution in [-0.2, 0) is 6.42 Å². The predicted molar refractivity (Wildman–Crippen MR) is 97.2 cm³/mol. The van der Waals surface area contributed by atoms with E-state index in [1.165, 1.54) is 0 Å². The fraction of sp³-hybridized carbons (Fsp3) is 0.300. The van der Waals surface area contributed by atoms with Gasteiger partial charge in [0.25, 0.3) is 11.8 Å². The molecule has 0 radical (unpaired) electrons.